The van der Waals surface area contributed by atoms with Gasteiger partial charge >= 0.3 is 5.97 Å². The van der Waals surface area contributed by atoms with Gasteiger partial charge in [-0.05, 0) is 25.8 Å². The Bertz CT molecular complexity index is 599. The number of carbonyl (C=O) groups excluding carboxylic acids is 1. The van der Waals surface area contributed by atoms with Gasteiger partial charge in [0.1, 0.15) is 5.41 Å². The van der Waals surface area contributed by atoms with Crippen LogP contribution in [0.2, 0.25) is 0 Å². The molecule has 0 aliphatic heterocycles. The molecule has 0 aromatic carbocycles. The van der Waals surface area contributed by atoms with Crippen LogP contribution in [0.1, 0.15) is 30.8 Å². The Kier molecular flexibility index (Phi) is 2.86. The molecule has 1 aromatic rings. The van der Waals surface area contributed by atoms with Gasteiger partial charge in [-0.2, -0.15) is 0 Å². The lowest BCUT2D eigenvalue weighted by atomic mass is 9.61. The van der Waals surface area contributed by atoms with Gasteiger partial charge in [-0.15, -0.1) is 11.3 Å². The lowest BCUT2D eigenvalue weighted by Gasteiger charge is -2.43. The number of carbonyl (C=O) groups is 1. The number of ether oxygens (including phenoxy) is 1. The van der Waals surface area contributed by atoms with Gasteiger partial charge in [0.25, 0.3) is 0 Å². The van der Waals surface area contributed by atoms with Crippen LogP contribution in [0.3, 0.4) is 0 Å². The predicted octanol–water partition coefficient (Wildman–Crippen LogP) is 3.02. The van der Waals surface area contributed by atoms with E-state index in [4.69, 9.17) is 4.74 Å². The Labute approximate surface area is 117 Å². The summed E-state index contributed by atoms with van der Waals surface area (Å²) < 4.78 is 5.14. The molecule has 0 amide bonds. The van der Waals surface area contributed by atoms with E-state index in [0.717, 1.165) is 17.0 Å². The molecule has 3 nitrogen and oxygen atoms in total. The summed E-state index contributed by atoms with van der Waals surface area (Å²) in [4.78, 5) is 18.1. The molecule has 0 saturated heterocycles. The third kappa shape index (κ3) is 1.56. The standard InChI is InChI=1S/C15H17NO2S/c1-4-11-10-5-9(2)7-15(11,14(17)18-3)13-12(6-10)16-8-19-13/h4-5,8,10H,6-7H2,1-3H3/b11-4-/t10-,15+/m0/s1. The quantitative estimate of drug-likeness (QED) is 0.584. The van der Waals surface area contributed by atoms with Crippen molar-refractivity contribution in [1.82, 2.24) is 4.98 Å². The highest BCUT2D eigenvalue weighted by molar-refractivity contribution is 7.10. The summed E-state index contributed by atoms with van der Waals surface area (Å²) >= 11 is 1.58. The van der Waals surface area contributed by atoms with Crippen LogP contribution < -0.4 is 0 Å². The van der Waals surface area contributed by atoms with E-state index in [-0.39, 0.29) is 11.9 Å². The molecule has 19 heavy (non-hydrogen) atoms. The second-order valence-corrected chi connectivity index (χ2v) is 6.12. The Morgan fingerprint density at radius 2 is 2.42 bits per heavy atom. The van der Waals surface area contributed by atoms with Gasteiger partial charge in [-0.3, -0.25) is 4.79 Å². The van der Waals surface area contributed by atoms with E-state index >= 15 is 0 Å². The van der Waals surface area contributed by atoms with Crippen molar-refractivity contribution in [1.29, 1.82) is 0 Å². The van der Waals surface area contributed by atoms with Crippen molar-refractivity contribution < 1.29 is 9.53 Å². The first-order valence-corrected chi connectivity index (χ1v) is 7.36. The molecule has 1 heterocycles. The highest BCUT2D eigenvalue weighted by atomic mass is 32.1. The van der Waals surface area contributed by atoms with Crippen molar-refractivity contribution in [3.8, 4) is 0 Å². The summed E-state index contributed by atoms with van der Waals surface area (Å²) in [5.41, 5.74) is 4.73. The first-order chi connectivity index (χ1) is 9.13. The fourth-order valence-electron chi connectivity index (χ4n) is 3.60. The summed E-state index contributed by atoms with van der Waals surface area (Å²) in [5, 5.41) is 0. The van der Waals surface area contributed by atoms with Gasteiger partial charge < -0.3 is 4.74 Å². The number of allylic oxidation sites excluding steroid dienone is 3. The van der Waals surface area contributed by atoms with Crippen LogP contribution in [0, 0.1) is 5.92 Å². The fourth-order valence-corrected chi connectivity index (χ4v) is 4.63. The van der Waals surface area contributed by atoms with E-state index in [1.54, 1.807) is 11.3 Å². The van der Waals surface area contributed by atoms with Gasteiger partial charge in [0.2, 0.25) is 0 Å². The molecule has 2 atom stereocenters. The largest absolute Gasteiger partial charge is 0.468 e. The van der Waals surface area contributed by atoms with Crippen molar-refractivity contribution in [2.75, 3.05) is 7.11 Å². The Balaban J connectivity index is 2.30. The molecule has 0 fully saturated rings. The van der Waals surface area contributed by atoms with Gasteiger partial charge in [-0.1, -0.05) is 17.7 Å². The van der Waals surface area contributed by atoms with E-state index in [9.17, 15) is 4.79 Å². The molecule has 4 heteroatoms. The Hall–Kier alpha value is -1.42. The van der Waals surface area contributed by atoms with Crippen LogP contribution in [0.5, 0.6) is 0 Å². The summed E-state index contributed by atoms with van der Waals surface area (Å²) in [6.45, 7) is 4.11. The maximum Gasteiger partial charge on any atom is 0.321 e. The zero-order valence-electron chi connectivity index (χ0n) is 11.4. The molecular formula is C15H17NO2S. The van der Waals surface area contributed by atoms with Crippen LogP contribution in [0.25, 0.3) is 0 Å². The minimum Gasteiger partial charge on any atom is -0.468 e. The zero-order chi connectivity index (χ0) is 13.6. The average molecular weight is 275 g/mol. The number of fused-ring (bicyclic) bond motifs is 4. The molecule has 3 rings (SSSR count). The van der Waals surface area contributed by atoms with E-state index in [1.807, 2.05) is 12.4 Å². The number of hydrogen-bond acceptors (Lipinski definition) is 4. The molecule has 2 aliphatic rings. The van der Waals surface area contributed by atoms with Gasteiger partial charge in [0.15, 0.2) is 0 Å². The third-order valence-electron chi connectivity index (χ3n) is 4.21. The van der Waals surface area contributed by atoms with Crippen molar-refractivity contribution >= 4 is 17.3 Å². The normalized spacial score (nSPS) is 30.8. The number of rotatable bonds is 1. The molecule has 2 bridgehead atoms. The molecule has 2 aliphatic carbocycles. The van der Waals surface area contributed by atoms with Crippen molar-refractivity contribution in [2.24, 2.45) is 5.92 Å². The second-order valence-electron chi connectivity index (χ2n) is 5.27. The average Bonchev–Trinajstić information content (AvgIpc) is 2.85. The maximum atomic E-state index is 12.6. The lowest BCUT2D eigenvalue weighted by molar-refractivity contribution is -0.146. The number of esters is 1. The summed E-state index contributed by atoms with van der Waals surface area (Å²) in [6.07, 6.45) is 5.98. The monoisotopic (exact) mass is 275 g/mol. The Morgan fingerprint density at radius 1 is 1.63 bits per heavy atom. The van der Waals surface area contributed by atoms with E-state index in [1.165, 1.54) is 18.3 Å². The second kappa shape index (κ2) is 4.30. The molecule has 1 aromatic heterocycles. The molecule has 100 valence electrons. The summed E-state index contributed by atoms with van der Waals surface area (Å²) in [7, 11) is 1.47. The summed E-state index contributed by atoms with van der Waals surface area (Å²) in [6, 6.07) is 0. The van der Waals surface area contributed by atoms with Crippen molar-refractivity contribution in [3.63, 3.8) is 0 Å². The summed E-state index contributed by atoms with van der Waals surface area (Å²) in [5.74, 6) is 0.135. The van der Waals surface area contributed by atoms with Gasteiger partial charge in [0.05, 0.1) is 18.3 Å². The molecule has 0 spiro atoms. The number of hydrogen-bond donors (Lipinski definition) is 0. The van der Waals surface area contributed by atoms with Crippen LogP contribution in [0.15, 0.2) is 28.8 Å². The topological polar surface area (TPSA) is 39.2 Å². The van der Waals surface area contributed by atoms with Crippen LogP contribution in [-0.2, 0) is 21.4 Å². The van der Waals surface area contributed by atoms with Crippen molar-refractivity contribution in [3.05, 3.63) is 39.4 Å². The third-order valence-corrected chi connectivity index (χ3v) is 5.24. The maximum absolute atomic E-state index is 12.6. The number of aromatic nitrogens is 1. The van der Waals surface area contributed by atoms with E-state index in [2.05, 4.69) is 24.1 Å². The minimum absolute atomic E-state index is 0.150. The SMILES string of the molecule is C/C=C1/[C@H]2C=C(C)C[C@]1(C(=O)OC)c1scnc1C2. The van der Waals surface area contributed by atoms with Crippen LogP contribution in [-0.4, -0.2) is 18.1 Å². The zero-order valence-corrected chi connectivity index (χ0v) is 12.2. The van der Waals surface area contributed by atoms with Crippen molar-refractivity contribution in [2.45, 2.75) is 32.1 Å². The molecule has 0 saturated carbocycles. The smallest absolute Gasteiger partial charge is 0.321 e. The number of methoxy groups -OCH3 is 1. The first kappa shape index (κ1) is 12.6. The van der Waals surface area contributed by atoms with Crippen LogP contribution in [0.4, 0.5) is 0 Å². The lowest BCUT2D eigenvalue weighted by Crippen LogP contribution is -2.46. The van der Waals surface area contributed by atoms with Gasteiger partial charge in [0, 0.05) is 17.2 Å². The first-order valence-electron chi connectivity index (χ1n) is 6.48. The Morgan fingerprint density at radius 3 is 3.11 bits per heavy atom. The highest BCUT2D eigenvalue weighted by Gasteiger charge is 2.53. The van der Waals surface area contributed by atoms with Gasteiger partial charge in [-0.25, -0.2) is 4.98 Å². The van der Waals surface area contributed by atoms with E-state index in [0.29, 0.717) is 6.42 Å². The predicted molar refractivity (Wildman–Crippen MR) is 75.1 cm³/mol. The molecular weight excluding hydrogens is 258 g/mol. The molecule has 0 radical (unpaired) electrons. The minimum atomic E-state index is -0.623. The fraction of sp³-hybridized carbons (Fsp3) is 0.467. The molecule has 0 unspecified atom stereocenters. The molecule has 0 N–H and O–H groups in total. The number of thiazole rings is 1. The van der Waals surface area contributed by atoms with Crippen LogP contribution >= 0.6 is 11.3 Å². The van der Waals surface area contributed by atoms with E-state index < -0.39 is 5.41 Å². The number of nitrogens with zero attached hydrogens (tertiary/aromatic N) is 1. The highest BCUT2D eigenvalue weighted by Crippen LogP contribution is 2.53.